The summed E-state index contributed by atoms with van der Waals surface area (Å²) in [4.78, 5) is 24.0. The van der Waals surface area contributed by atoms with E-state index in [4.69, 9.17) is 0 Å². The lowest BCUT2D eigenvalue weighted by atomic mass is 9.87. The molecule has 0 heterocycles. The van der Waals surface area contributed by atoms with Gasteiger partial charge < -0.3 is 10.0 Å². The Morgan fingerprint density at radius 1 is 1.19 bits per heavy atom. The van der Waals surface area contributed by atoms with Crippen molar-refractivity contribution in [3.05, 3.63) is 0 Å². The first-order chi connectivity index (χ1) is 7.58. The highest BCUT2D eigenvalue weighted by molar-refractivity contribution is 5.81. The molecule has 0 bridgehead atoms. The van der Waals surface area contributed by atoms with E-state index in [0.29, 0.717) is 25.8 Å². The van der Waals surface area contributed by atoms with Crippen molar-refractivity contribution in [3.8, 4) is 0 Å². The Morgan fingerprint density at radius 2 is 1.69 bits per heavy atom. The first-order valence-electron chi connectivity index (χ1n) is 6.04. The fourth-order valence-corrected chi connectivity index (χ4v) is 2.18. The van der Waals surface area contributed by atoms with Crippen molar-refractivity contribution in [2.24, 2.45) is 0 Å². The maximum Gasteiger partial charge on any atom is 0.329 e. The summed E-state index contributed by atoms with van der Waals surface area (Å²) in [5.41, 5.74) is -0.999. The molecule has 0 aliphatic rings. The number of nitrogens with zero attached hydrogens (tertiary/aromatic N) is 1. The van der Waals surface area contributed by atoms with Crippen molar-refractivity contribution in [2.75, 3.05) is 6.54 Å². The summed E-state index contributed by atoms with van der Waals surface area (Å²) in [6.45, 7) is 6.35. The van der Waals surface area contributed by atoms with Gasteiger partial charge in [0.05, 0.1) is 0 Å². The zero-order valence-corrected chi connectivity index (χ0v) is 10.5. The summed E-state index contributed by atoms with van der Waals surface area (Å²) in [5.74, 6) is -0.878. The number of carboxylic acid groups (broad SMARTS) is 1. The lowest BCUT2D eigenvalue weighted by Crippen LogP contribution is -2.54. The van der Waals surface area contributed by atoms with Crippen LogP contribution in [0.1, 0.15) is 52.9 Å². The molecule has 0 atom stereocenters. The van der Waals surface area contributed by atoms with Gasteiger partial charge in [0, 0.05) is 6.54 Å². The van der Waals surface area contributed by atoms with E-state index in [1.165, 1.54) is 4.90 Å². The molecule has 0 unspecified atom stereocenters. The second kappa shape index (κ2) is 7.25. The largest absolute Gasteiger partial charge is 0.479 e. The van der Waals surface area contributed by atoms with E-state index in [1.807, 2.05) is 20.8 Å². The van der Waals surface area contributed by atoms with E-state index in [1.54, 1.807) is 0 Å². The number of carboxylic acids is 1. The van der Waals surface area contributed by atoms with Crippen LogP contribution in [-0.4, -0.2) is 34.5 Å². The molecular weight excluding hydrogens is 206 g/mol. The molecule has 16 heavy (non-hydrogen) atoms. The molecule has 0 aromatic rings. The average Bonchev–Trinajstić information content (AvgIpc) is 2.25. The van der Waals surface area contributed by atoms with Crippen molar-refractivity contribution in [1.82, 2.24) is 4.90 Å². The summed E-state index contributed by atoms with van der Waals surface area (Å²) in [6, 6.07) is 0. The number of rotatable bonds is 9. The third-order valence-corrected chi connectivity index (χ3v) is 2.87. The van der Waals surface area contributed by atoms with Crippen LogP contribution in [0.2, 0.25) is 0 Å². The molecule has 0 spiro atoms. The summed E-state index contributed by atoms with van der Waals surface area (Å²) in [7, 11) is 0. The zero-order chi connectivity index (χ0) is 12.6. The van der Waals surface area contributed by atoms with E-state index in [9.17, 15) is 14.7 Å². The van der Waals surface area contributed by atoms with E-state index in [2.05, 4.69) is 0 Å². The minimum Gasteiger partial charge on any atom is -0.479 e. The Morgan fingerprint density at radius 3 is 1.94 bits per heavy atom. The highest BCUT2D eigenvalue weighted by Gasteiger charge is 2.41. The fourth-order valence-electron chi connectivity index (χ4n) is 2.18. The van der Waals surface area contributed by atoms with Gasteiger partial charge >= 0.3 is 5.97 Å². The Balaban J connectivity index is 5.10. The average molecular weight is 229 g/mol. The van der Waals surface area contributed by atoms with Crippen LogP contribution in [-0.2, 0) is 9.59 Å². The summed E-state index contributed by atoms with van der Waals surface area (Å²) >= 11 is 0. The van der Waals surface area contributed by atoms with E-state index >= 15 is 0 Å². The maximum atomic E-state index is 11.5. The molecule has 94 valence electrons. The molecule has 1 amide bonds. The Kier molecular flexibility index (Phi) is 6.77. The minimum absolute atomic E-state index is 0.510. The lowest BCUT2D eigenvalue weighted by Gasteiger charge is -2.38. The van der Waals surface area contributed by atoms with Gasteiger partial charge in [-0.05, 0) is 19.3 Å². The van der Waals surface area contributed by atoms with E-state index in [-0.39, 0.29) is 0 Å². The smallest absolute Gasteiger partial charge is 0.329 e. The van der Waals surface area contributed by atoms with Crippen molar-refractivity contribution in [3.63, 3.8) is 0 Å². The van der Waals surface area contributed by atoms with Gasteiger partial charge in [0.1, 0.15) is 5.54 Å². The van der Waals surface area contributed by atoms with Crippen LogP contribution in [0, 0.1) is 0 Å². The number of amides is 1. The highest BCUT2D eigenvalue weighted by Crippen LogP contribution is 2.27. The van der Waals surface area contributed by atoms with Gasteiger partial charge in [-0.15, -0.1) is 0 Å². The monoisotopic (exact) mass is 229 g/mol. The topological polar surface area (TPSA) is 57.6 Å². The van der Waals surface area contributed by atoms with Crippen LogP contribution in [0.4, 0.5) is 0 Å². The quantitative estimate of drug-likeness (QED) is 0.617. The molecule has 0 saturated heterocycles. The van der Waals surface area contributed by atoms with Crippen LogP contribution in [0.25, 0.3) is 0 Å². The predicted molar refractivity (Wildman–Crippen MR) is 63.2 cm³/mol. The number of carbonyl (C=O) groups is 2. The van der Waals surface area contributed by atoms with Gasteiger partial charge in [-0.2, -0.15) is 0 Å². The molecule has 0 aliphatic carbocycles. The number of carbonyl (C=O) groups excluding carboxylic acids is 1. The molecule has 0 saturated carbocycles. The van der Waals surface area contributed by atoms with Gasteiger partial charge in [0.2, 0.25) is 6.41 Å². The molecule has 0 aromatic carbocycles. The third kappa shape index (κ3) is 3.22. The van der Waals surface area contributed by atoms with Crippen molar-refractivity contribution >= 4 is 12.4 Å². The Labute approximate surface area is 97.6 Å². The molecule has 4 heteroatoms. The standard InChI is InChI=1S/C12H23NO3/c1-4-7-12(8-5-2,11(15)16)13(10-14)9-6-3/h10H,4-9H2,1-3H3,(H,15,16). The SMILES string of the molecule is CCCN(C=O)C(CCC)(CCC)C(=O)O. The van der Waals surface area contributed by atoms with Gasteiger partial charge in [0.15, 0.2) is 0 Å². The van der Waals surface area contributed by atoms with Gasteiger partial charge in [-0.1, -0.05) is 33.6 Å². The number of hydrogen-bond donors (Lipinski definition) is 1. The maximum absolute atomic E-state index is 11.5. The molecular formula is C12H23NO3. The third-order valence-electron chi connectivity index (χ3n) is 2.87. The molecule has 1 N–H and O–H groups in total. The van der Waals surface area contributed by atoms with Crippen LogP contribution >= 0.6 is 0 Å². The molecule has 0 rings (SSSR count). The van der Waals surface area contributed by atoms with Crippen molar-refractivity contribution < 1.29 is 14.7 Å². The van der Waals surface area contributed by atoms with Crippen LogP contribution in [0.5, 0.6) is 0 Å². The predicted octanol–water partition coefficient (Wildman–Crippen LogP) is 2.28. The molecule has 0 aliphatic heterocycles. The first kappa shape index (κ1) is 14.9. The van der Waals surface area contributed by atoms with Crippen molar-refractivity contribution in [2.45, 2.75) is 58.4 Å². The van der Waals surface area contributed by atoms with Gasteiger partial charge in [-0.3, -0.25) is 4.79 Å². The van der Waals surface area contributed by atoms with Crippen LogP contribution in [0.15, 0.2) is 0 Å². The number of aliphatic carboxylic acids is 1. The van der Waals surface area contributed by atoms with E-state index < -0.39 is 11.5 Å². The Hall–Kier alpha value is -1.06. The highest BCUT2D eigenvalue weighted by atomic mass is 16.4. The number of hydrogen-bond acceptors (Lipinski definition) is 2. The molecule has 4 nitrogen and oxygen atoms in total. The zero-order valence-electron chi connectivity index (χ0n) is 10.5. The Bertz CT molecular complexity index is 222. The summed E-state index contributed by atoms with van der Waals surface area (Å²) < 4.78 is 0. The summed E-state index contributed by atoms with van der Waals surface area (Å²) in [6.07, 6.45) is 4.04. The van der Waals surface area contributed by atoms with Gasteiger partial charge in [0.25, 0.3) is 0 Å². The minimum atomic E-state index is -0.999. The van der Waals surface area contributed by atoms with Crippen LogP contribution in [0.3, 0.4) is 0 Å². The molecule has 0 fully saturated rings. The second-order valence-electron chi connectivity index (χ2n) is 4.14. The normalized spacial score (nSPS) is 11.2. The van der Waals surface area contributed by atoms with Crippen LogP contribution < -0.4 is 0 Å². The molecule has 0 aromatic heterocycles. The van der Waals surface area contributed by atoms with Crippen molar-refractivity contribution in [1.29, 1.82) is 0 Å². The van der Waals surface area contributed by atoms with Gasteiger partial charge in [-0.25, -0.2) is 4.79 Å². The first-order valence-corrected chi connectivity index (χ1v) is 6.04. The van der Waals surface area contributed by atoms with E-state index in [0.717, 1.165) is 19.3 Å². The molecule has 0 radical (unpaired) electrons. The summed E-state index contributed by atoms with van der Waals surface area (Å²) in [5, 5.41) is 9.41. The second-order valence-corrected chi connectivity index (χ2v) is 4.14. The fraction of sp³-hybridized carbons (Fsp3) is 0.833. The lowest BCUT2D eigenvalue weighted by molar-refractivity contribution is -0.156.